The molecule has 1 aromatic heterocycles. The van der Waals surface area contributed by atoms with Crippen LogP contribution < -0.4 is 5.73 Å². The minimum absolute atomic E-state index is 0.0848. The average Bonchev–Trinajstić information content (AvgIpc) is 2.71. The quantitative estimate of drug-likeness (QED) is 0.835. The number of aromatic nitrogens is 2. The van der Waals surface area contributed by atoms with Crippen LogP contribution in [0.5, 0.6) is 0 Å². The molecule has 0 amide bonds. The maximum absolute atomic E-state index is 12.5. The zero-order valence-corrected chi connectivity index (χ0v) is 12.1. The highest BCUT2D eigenvalue weighted by Crippen LogP contribution is 2.25. The number of rotatable bonds is 3. The van der Waals surface area contributed by atoms with Crippen LogP contribution in [0, 0.1) is 6.92 Å². The van der Waals surface area contributed by atoms with E-state index in [-0.39, 0.29) is 11.6 Å². The predicted octanol–water partition coefficient (Wildman–Crippen LogP) is 0.303. The molecule has 1 saturated heterocycles. The second kappa shape index (κ2) is 5.20. The van der Waals surface area contributed by atoms with Gasteiger partial charge in [-0.15, -0.1) is 0 Å². The number of aromatic amines is 1. The number of sulfonamides is 1. The van der Waals surface area contributed by atoms with Gasteiger partial charge in [0.05, 0.1) is 0 Å². The van der Waals surface area contributed by atoms with Crippen LogP contribution in [0.15, 0.2) is 5.03 Å². The highest BCUT2D eigenvalue weighted by molar-refractivity contribution is 8.00. The molecule has 6 nitrogen and oxygen atoms in total. The fourth-order valence-electron chi connectivity index (χ4n) is 2.01. The highest BCUT2D eigenvalue weighted by atomic mass is 32.2. The van der Waals surface area contributed by atoms with Gasteiger partial charge in [0, 0.05) is 41.9 Å². The molecular formula is C10H18N4O2S2. The summed E-state index contributed by atoms with van der Waals surface area (Å²) >= 11 is 1.79. The van der Waals surface area contributed by atoms with E-state index in [1.807, 2.05) is 6.92 Å². The third-order valence-electron chi connectivity index (χ3n) is 3.03. The molecule has 1 aliphatic heterocycles. The Labute approximate surface area is 111 Å². The molecule has 8 heteroatoms. The van der Waals surface area contributed by atoms with Gasteiger partial charge in [-0.05, 0) is 6.92 Å². The minimum atomic E-state index is -3.52. The van der Waals surface area contributed by atoms with Crippen LogP contribution in [0.2, 0.25) is 0 Å². The lowest BCUT2D eigenvalue weighted by Crippen LogP contribution is -2.41. The van der Waals surface area contributed by atoms with Crippen LogP contribution in [0.3, 0.4) is 0 Å². The van der Waals surface area contributed by atoms with Gasteiger partial charge in [-0.3, -0.25) is 5.10 Å². The molecule has 1 aliphatic rings. The Hall–Kier alpha value is -0.570. The lowest BCUT2D eigenvalue weighted by Gasteiger charge is -2.29. The second-order valence-corrected chi connectivity index (χ2v) is 7.78. The average molecular weight is 290 g/mol. The lowest BCUT2D eigenvalue weighted by atomic mass is 10.3. The van der Waals surface area contributed by atoms with Gasteiger partial charge in [0.25, 0.3) is 10.0 Å². The Kier molecular flexibility index (Phi) is 4.00. The number of thioether (sulfide) groups is 1. The predicted molar refractivity (Wildman–Crippen MR) is 71.9 cm³/mol. The number of nitrogens with zero attached hydrogens (tertiary/aromatic N) is 2. The molecule has 2 heterocycles. The molecule has 2 rings (SSSR count). The number of aryl methyl sites for hydroxylation is 1. The van der Waals surface area contributed by atoms with Gasteiger partial charge >= 0.3 is 0 Å². The van der Waals surface area contributed by atoms with Crippen molar-refractivity contribution in [3.8, 4) is 0 Å². The molecular weight excluding hydrogens is 272 g/mol. The van der Waals surface area contributed by atoms with E-state index in [1.165, 1.54) is 4.31 Å². The first-order chi connectivity index (χ1) is 8.46. The van der Waals surface area contributed by atoms with Crippen molar-refractivity contribution in [2.45, 2.75) is 30.7 Å². The summed E-state index contributed by atoms with van der Waals surface area (Å²) in [6.45, 7) is 5.06. The van der Waals surface area contributed by atoms with E-state index in [0.29, 0.717) is 23.9 Å². The summed E-state index contributed by atoms with van der Waals surface area (Å²) in [5.74, 6) is 0.821. The SMILES string of the molecule is Cc1[nH]nc(S(=O)(=O)N2CCSC(C)C2)c1CN. The van der Waals surface area contributed by atoms with Gasteiger partial charge in [-0.1, -0.05) is 6.92 Å². The van der Waals surface area contributed by atoms with Gasteiger partial charge in [-0.2, -0.15) is 21.2 Å². The Morgan fingerprint density at radius 1 is 1.61 bits per heavy atom. The van der Waals surface area contributed by atoms with E-state index >= 15 is 0 Å². The molecule has 1 fully saturated rings. The van der Waals surface area contributed by atoms with E-state index < -0.39 is 10.0 Å². The summed E-state index contributed by atoms with van der Waals surface area (Å²) in [5, 5.41) is 7.02. The smallest absolute Gasteiger partial charge is 0.262 e. The highest BCUT2D eigenvalue weighted by Gasteiger charge is 2.32. The zero-order valence-electron chi connectivity index (χ0n) is 10.5. The van der Waals surface area contributed by atoms with Crippen LogP contribution >= 0.6 is 11.8 Å². The summed E-state index contributed by atoms with van der Waals surface area (Å²) in [5.41, 5.74) is 6.90. The number of hydrogen-bond acceptors (Lipinski definition) is 5. The molecule has 1 aromatic rings. The Morgan fingerprint density at radius 2 is 2.33 bits per heavy atom. The van der Waals surface area contributed by atoms with Crippen LogP contribution in [-0.2, 0) is 16.6 Å². The van der Waals surface area contributed by atoms with Crippen LogP contribution in [0.1, 0.15) is 18.2 Å². The van der Waals surface area contributed by atoms with Crippen molar-refractivity contribution in [3.05, 3.63) is 11.3 Å². The molecule has 0 radical (unpaired) electrons. The molecule has 0 aliphatic carbocycles. The van der Waals surface area contributed by atoms with Crippen molar-refractivity contribution in [2.75, 3.05) is 18.8 Å². The molecule has 3 N–H and O–H groups in total. The van der Waals surface area contributed by atoms with Crippen molar-refractivity contribution >= 4 is 21.8 Å². The number of hydrogen-bond donors (Lipinski definition) is 2. The fraction of sp³-hybridized carbons (Fsp3) is 0.700. The summed E-state index contributed by atoms with van der Waals surface area (Å²) in [6, 6.07) is 0. The van der Waals surface area contributed by atoms with Crippen molar-refractivity contribution in [1.82, 2.24) is 14.5 Å². The Morgan fingerprint density at radius 3 is 2.94 bits per heavy atom. The van der Waals surface area contributed by atoms with Crippen molar-refractivity contribution < 1.29 is 8.42 Å². The number of nitrogens with two attached hydrogens (primary N) is 1. The van der Waals surface area contributed by atoms with E-state index in [1.54, 1.807) is 18.7 Å². The lowest BCUT2D eigenvalue weighted by molar-refractivity contribution is 0.421. The molecule has 0 aromatic carbocycles. The summed E-state index contributed by atoms with van der Waals surface area (Å²) < 4.78 is 26.5. The number of H-pyrrole nitrogens is 1. The van der Waals surface area contributed by atoms with E-state index in [0.717, 1.165) is 11.4 Å². The van der Waals surface area contributed by atoms with Gasteiger partial charge in [0.1, 0.15) is 0 Å². The normalized spacial score (nSPS) is 22.3. The standard InChI is InChI=1S/C10H18N4O2S2/c1-7-6-14(3-4-17-7)18(15,16)10-9(5-11)8(2)12-13-10/h7H,3-6,11H2,1-2H3,(H,12,13). The van der Waals surface area contributed by atoms with E-state index in [9.17, 15) is 8.42 Å². The van der Waals surface area contributed by atoms with Gasteiger partial charge in [0.2, 0.25) is 0 Å². The van der Waals surface area contributed by atoms with Gasteiger partial charge in [-0.25, -0.2) is 8.42 Å². The first-order valence-corrected chi connectivity index (χ1v) is 8.31. The molecule has 1 unspecified atom stereocenters. The van der Waals surface area contributed by atoms with Crippen LogP contribution in [-0.4, -0.2) is 47.0 Å². The molecule has 0 saturated carbocycles. The van der Waals surface area contributed by atoms with Crippen LogP contribution in [0.25, 0.3) is 0 Å². The zero-order chi connectivity index (χ0) is 13.3. The monoisotopic (exact) mass is 290 g/mol. The molecule has 0 spiro atoms. The number of nitrogens with one attached hydrogen (secondary N) is 1. The summed E-state index contributed by atoms with van der Waals surface area (Å²) in [7, 11) is -3.52. The van der Waals surface area contributed by atoms with E-state index in [2.05, 4.69) is 10.2 Å². The molecule has 102 valence electrons. The Bertz CT molecular complexity index is 526. The summed E-state index contributed by atoms with van der Waals surface area (Å²) in [4.78, 5) is 0. The minimum Gasteiger partial charge on any atom is -0.326 e. The molecule has 18 heavy (non-hydrogen) atoms. The molecule has 1 atom stereocenters. The van der Waals surface area contributed by atoms with Gasteiger partial charge < -0.3 is 5.73 Å². The van der Waals surface area contributed by atoms with E-state index in [4.69, 9.17) is 5.73 Å². The summed E-state index contributed by atoms with van der Waals surface area (Å²) in [6.07, 6.45) is 0. The first-order valence-electron chi connectivity index (χ1n) is 5.82. The molecule has 0 bridgehead atoms. The first kappa shape index (κ1) is 13.9. The maximum atomic E-state index is 12.5. The van der Waals surface area contributed by atoms with Crippen molar-refractivity contribution in [1.29, 1.82) is 0 Å². The Balaban J connectivity index is 2.35. The largest absolute Gasteiger partial charge is 0.326 e. The topological polar surface area (TPSA) is 92.1 Å². The second-order valence-electron chi connectivity index (χ2n) is 4.38. The fourth-order valence-corrected chi connectivity index (χ4v) is 4.94. The van der Waals surface area contributed by atoms with Crippen LogP contribution in [0.4, 0.5) is 0 Å². The maximum Gasteiger partial charge on any atom is 0.262 e. The van der Waals surface area contributed by atoms with Crippen molar-refractivity contribution in [2.24, 2.45) is 5.73 Å². The van der Waals surface area contributed by atoms with Crippen molar-refractivity contribution in [3.63, 3.8) is 0 Å². The third kappa shape index (κ3) is 2.42. The third-order valence-corrected chi connectivity index (χ3v) is 6.00. The van der Waals surface area contributed by atoms with Gasteiger partial charge in [0.15, 0.2) is 5.03 Å².